The van der Waals surface area contributed by atoms with Crippen molar-refractivity contribution >= 4 is 11.6 Å². The molecular formula is C17H17N5O2. The van der Waals surface area contributed by atoms with Gasteiger partial charge in [-0.05, 0) is 37.6 Å². The maximum absolute atomic E-state index is 12.3. The van der Waals surface area contributed by atoms with Gasteiger partial charge in [-0.15, -0.1) is 0 Å². The second-order valence-corrected chi connectivity index (χ2v) is 5.80. The highest BCUT2D eigenvalue weighted by atomic mass is 16.3. The Bertz CT molecular complexity index is 836. The van der Waals surface area contributed by atoms with Crippen LogP contribution < -0.4 is 5.32 Å². The van der Waals surface area contributed by atoms with Crippen molar-refractivity contribution in [2.24, 2.45) is 0 Å². The third kappa shape index (κ3) is 3.47. The smallest absolute Gasteiger partial charge is 0.293 e. The van der Waals surface area contributed by atoms with Crippen LogP contribution in [0.25, 0.3) is 5.82 Å². The van der Waals surface area contributed by atoms with Crippen LogP contribution in [0.1, 0.15) is 30.0 Å². The van der Waals surface area contributed by atoms with E-state index in [0.29, 0.717) is 11.5 Å². The fourth-order valence-electron chi connectivity index (χ4n) is 2.15. The Morgan fingerprint density at radius 1 is 1.17 bits per heavy atom. The molecule has 122 valence electrons. The van der Waals surface area contributed by atoms with Gasteiger partial charge in [-0.3, -0.25) is 9.36 Å². The van der Waals surface area contributed by atoms with E-state index in [4.69, 9.17) is 0 Å². The van der Waals surface area contributed by atoms with Gasteiger partial charge in [0.25, 0.3) is 5.91 Å². The Labute approximate surface area is 139 Å². The van der Waals surface area contributed by atoms with E-state index in [9.17, 15) is 9.90 Å². The van der Waals surface area contributed by atoms with Gasteiger partial charge in [-0.2, -0.15) is 0 Å². The van der Waals surface area contributed by atoms with Crippen molar-refractivity contribution in [2.45, 2.75) is 19.4 Å². The van der Waals surface area contributed by atoms with E-state index < -0.39 is 11.5 Å². The summed E-state index contributed by atoms with van der Waals surface area (Å²) >= 11 is 0. The van der Waals surface area contributed by atoms with Crippen LogP contribution in [0.3, 0.4) is 0 Å². The lowest BCUT2D eigenvalue weighted by Gasteiger charge is -2.17. The molecule has 3 rings (SSSR count). The molecule has 1 amide bonds. The SMILES string of the molecule is CC(C)(O)c1ccc(NC(=O)c2nccc(-n3ccnc3)n2)cc1. The first-order valence-corrected chi connectivity index (χ1v) is 7.39. The van der Waals surface area contributed by atoms with Gasteiger partial charge in [0.15, 0.2) is 0 Å². The molecule has 0 bridgehead atoms. The number of amides is 1. The summed E-state index contributed by atoms with van der Waals surface area (Å²) in [4.78, 5) is 24.5. The van der Waals surface area contributed by atoms with Gasteiger partial charge in [0, 0.05) is 24.3 Å². The summed E-state index contributed by atoms with van der Waals surface area (Å²) < 4.78 is 1.69. The molecule has 2 heterocycles. The van der Waals surface area contributed by atoms with E-state index in [1.54, 1.807) is 67.5 Å². The maximum atomic E-state index is 12.3. The summed E-state index contributed by atoms with van der Waals surface area (Å²) in [6.45, 7) is 3.41. The quantitative estimate of drug-likeness (QED) is 0.767. The molecule has 0 saturated carbocycles. The molecule has 24 heavy (non-hydrogen) atoms. The molecule has 7 nitrogen and oxygen atoms in total. The Morgan fingerprint density at radius 2 is 1.92 bits per heavy atom. The molecule has 0 radical (unpaired) electrons. The lowest BCUT2D eigenvalue weighted by Crippen LogP contribution is -2.17. The van der Waals surface area contributed by atoms with E-state index in [1.807, 2.05) is 0 Å². The molecule has 0 spiro atoms. The first-order valence-electron chi connectivity index (χ1n) is 7.39. The molecule has 7 heteroatoms. The predicted octanol–water partition coefficient (Wildman–Crippen LogP) is 2.14. The van der Waals surface area contributed by atoms with Gasteiger partial charge < -0.3 is 10.4 Å². The number of carbonyl (C=O) groups excluding carboxylic acids is 1. The molecule has 0 aliphatic heterocycles. The molecule has 0 saturated heterocycles. The van der Waals surface area contributed by atoms with Crippen molar-refractivity contribution in [2.75, 3.05) is 5.32 Å². The van der Waals surface area contributed by atoms with Crippen molar-refractivity contribution < 1.29 is 9.90 Å². The molecule has 3 aromatic rings. The fourth-order valence-corrected chi connectivity index (χ4v) is 2.15. The summed E-state index contributed by atoms with van der Waals surface area (Å²) in [7, 11) is 0. The van der Waals surface area contributed by atoms with Crippen molar-refractivity contribution in [3.63, 3.8) is 0 Å². The highest BCUT2D eigenvalue weighted by Crippen LogP contribution is 2.21. The Balaban J connectivity index is 1.77. The minimum absolute atomic E-state index is 0.0627. The first-order chi connectivity index (χ1) is 11.4. The number of aromatic nitrogens is 4. The third-order valence-corrected chi connectivity index (χ3v) is 3.46. The van der Waals surface area contributed by atoms with E-state index in [0.717, 1.165) is 5.56 Å². The van der Waals surface area contributed by atoms with Crippen molar-refractivity contribution in [1.82, 2.24) is 19.5 Å². The molecule has 0 atom stereocenters. The average Bonchev–Trinajstić information content (AvgIpc) is 3.09. The zero-order valence-corrected chi connectivity index (χ0v) is 13.3. The van der Waals surface area contributed by atoms with Crippen LogP contribution in [-0.2, 0) is 5.60 Å². The maximum Gasteiger partial charge on any atom is 0.293 e. The largest absolute Gasteiger partial charge is 0.386 e. The molecular weight excluding hydrogens is 306 g/mol. The summed E-state index contributed by atoms with van der Waals surface area (Å²) in [5.41, 5.74) is 0.439. The van der Waals surface area contributed by atoms with Crippen molar-refractivity contribution in [3.05, 3.63) is 66.6 Å². The number of nitrogens with zero attached hydrogens (tertiary/aromatic N) is 4. The summed E-state index contributed by atoms with van der Waals surface area (Å²) in [6.07, 6.45) is 6.49. The van der Waals surface area contributed by atoms with Gasteiger partial charge in [0.05, 0.1) is 5.60 Å². The molecule has 2 aromatic heterocycles. The second-order valence-electron chi connectivity index (χ2n) is 5.80. The summed E-state index contributed by atoms with van der Waals surface area (Å²) in [5.74, 6) is 0.214. The van der Waals surface area contributed by atoms with E-state index in [-0.39, 0.29) is 5.82 Å². The second kappa shape index (κ2) is 6.21. The normalized spacial score (nSPS) is 11.3. The standard InChI is InChI=1S/C17H17N5O2/c1-17(2,24)12-3-5-13(6-4-12)20-16(23)15-19-8-7-14(21-15)22-10-9-18-11-22/h3-11,24H,1-2H3,(H,20,23). The number of carbonyl (C=O) groups is 1. The molecule has 0 unspecified atom stereocenters. The van der Waals surface area contributed by atoms with Crippen LogP contribution in [0, 0.1) is 0 Å². The van der Waals surface area contributed by atoms with Crippen LogP contribution >= 0.6 is 0 Å². The minimum Gasteiger partial charge on any atom is -0.386 e. The summed E-state index contributed by atoms with van der Waals surface area (Å²) in [6, 6.07) is 8.67. The number of imidazole rings is 1. The van der Waals surface area contributed by atoms with Gasteiger partial charge in [0.2, 0.25) is 5.82 Å². The number of anilines is 1. The molecule has 2 N–H and O–H groups in total. The summed E-state index contributed by atoms with van der Waals surface area (Å²) in [5, 5.41) is 12.7. The van der Waals surface area contributed by atoms with E-state index in [1.165, 1.54) is 6.20 Å². The van der Waals surface area contributed by atoms with Gasteiger partial charge in [-0.25, -0.2) is 15.0 Å². The van der Waals surface area contributed by atoms with Crippen LogP contribution in [0.2, 0.25) is 0 Å². The van der Waals surface area contributed by atoms with Crippen LogP contribution in [0.4, 0.5) is 5.69 Å². The third-order valence-electron chi connectivity index (χ3n) is 3.46. The number of aliphatic hydroxyl groups is 1. The molecule has 0 fully saturated rings. The topological polar surface area (TPSA) is 92.9 Å². The monoisotopic (exact) mass is 323 g/mol. The molecule has 0 aliphatic rings. The number of hydrogen-bond donors (Lipinski definition) is 2. The van der Waals surface area contributed by atoms with Crippen LogP contribution in [0.15, 0.2) is 55.2 Å². The zero-order chi connectivity index (χ0) is 17.2. The van der Waals surface area contributed by atoms with Crippen LogP contribution in [0.5, 0.6) is 0 Å². The van der Waals surface area contributed by atoms with Gasteiger partial charge in [0.1, 0.15) is 12.1 Å². The lowest BCUT2D eigenvalue weighted by molar-refractivity contribution is 0.0786. The zero-order valence-electron chi connectivity index (χ0n) is 13.3. The van der Waals surface area contributed by atoms with Crippen molar-refractivity contribution in [1.29, 1.82) is 0 Å². The molecule has 0 aliphatic carbocycles. The fraction of sp³-hybridized carbons (Fsp3) is 0.176. The number of nitrogens with one attached hydrogen (secondary N) is 1. The van der Waals surface area contributed by atoms with Crippen molar-refractivity contribution in [3.8, 4) is 5.82 Å². The average molecular weight is 323 g/mol. The number of hydrogen-bond acceptors (Lipinski definition) is 5. The van der Waals surface area contributed by atoms with Gasteiger partial charge >= 0.3 is 0 Å². The Hall–Kier alpha value is -3.06. The highest BCUT2D eigenvalue weighted by molar-refractivity contribution is 6.01. The number of rotatable bonds is 4. The predicted molar refractivity (Wildman–Crippen MR) is 88.8 cm³/mol. The minimum atomic E-state index is -0.926. The van der Waals surface area contributed by atoms with E-state index in [2.05, 4.69) is 20.3 Å². The first kappa shape index (κ1) is 15.8. The van der Waals surface area contributed by atoms with Gasteiger partial charge in [-0.1, -0.05) is 12.1 Å². The van der Waals surface area contributed by atoms with Crippen LogP contribution in [-0.4, -0.2) is 30.5 Å². The number of benzene rings is 1. The Morgan fingerprint density at radius 3 is 2.54 bits per heavy atom. The van der Waals surface area contributed by atoms with E-state index >= 15 is 0 Å². The highest BCUT2D eigenvalue weighted by Gasteiger charge is 2.16. The molecule has 1 aromatic carbocycles. The Kier molecular flexibility index (Phi) is 4.09. The lowest BCUT2D eigenvalue weighted by atomic mass is 9.98.